The van der Waals surface area contributed by atoms with Crippen molar-refractivity contribution in [1.82, 2.24) is 10.2 Å². The standard InChI is InChI=1S/C12H24N2O2/c1-11(2,3)14(10(15)16)9-12(4)5-7-13-8-6-12/h13H,5-9H2,1-4H3,(H,15,16). The zero-order chi connectivity index (χ0) is 12.4. The molecule has 0 aromatic heterocycles. The van der Waals surface area contributed by atoms with E-state index in [9.17, 15) is 9.90 Å². The van der Waals surface area contributed by atoms with Crippen LogP contribution in [0.3, 0.4) is 0 Å². The summed E-state index contributed by atoms with van der Waals surface area (Å²) >= 11 is 0. The highest BCUT2D eigenvalue weighted by atomic mass is 16.4. The normalized spacial score (nSPS) is 20.5. The lowest BCUT2D eigenvalue weighted by atomic mass is 9.80. The van der Waals surface area contributed by atoms with Crippen LogP contribution < -0.4 is 5.32 Å². The number of nitrogens with zero attached hydrogens (tertiary/aromatic N) is 1. The van der Waals surface area contributed by atoms with Gasteiger partial charge in [0.15, 0.2) is 0 Å². The summed E-state index contributed by atoms with van der Waals surface area (Å²) in [6.45, 7) is 10.7. The minimum absolute atomic E-state index is 0.122. The van der Waals surface area contributed by atoms with Crippen LogP contribution in [0.2, 0.25) is 0 Å². The molecule has 0 aromatic rings. The number of hydrogen-bond acceptors (Lipinski definition) is 2. The van der Waals surface area contributed by atoms with E-state index in [1.807, 2.05) is 20.8 Å². The maximum atomic E-state index is 11.3. The number of carboxylic acid groups (broad SMARTS) is 1. The molecule has 0 spiro atoms. The molecule has 0 radical (unpaired) electrons. The number of carbonyl (C=O) groups is 1. The van der Waals surface area contributed by atoms with Crippen LogP contribution in [0.5, 0.6) is 0 Å². The van der Waals surface area contributed by atoms with Crippen molar-refractivity contribution in [3.05, 3.63) is 0 Å². The Bertz CT molecular complexity index is 252. The van der Waals surface area contributed by atoms with E-state index in [-0.39, 0.29) is 11.0 Å². The van der Waals surface area contributed by atoms with Crippen LogP contribution >= 0.6 is 0 Å². The van der Waals surface area contributed by atoms with Crippen molar-refractivity contribution in [1.29, 1.82) is 0 Å². The Hall–Kier alpha value is -0.770. The van der Waals surface area contributed by atoms with Crippen LogP contribution in [-0.4, -0.2) is 41.3 Å². The molecule has 4 heteroatoms. The number of hydrogen-bond donors (Lipinski definition) is 2. The van der Waals surface area contributed by atoms with Crippen LogP contribution in [0.25, 0.3) is 0 Å². The molecular formula is C12H24N2O2. The Morgan fingerprint density at radius 2 is 1.88 bits per heavy atom. The first-order valence-corrected chi connectivity index (χ1v) is 5.96. The highest BCUT2D eigenvalue weighted by Gasteiger charge is 2.35. The van der Waals surface area contributed by atoms with Crippen LogP contribution in [0.1, 0.15) is 40.5 Å². The molecule has 4 nitrogen and oxygen atoms in total. The second-order valence-corrected chi connectivity index (χ2v) is 6.10. The Morgan fingerprint density at radius 3 is 2.25 bits per heavy atom. The predicted molar refractivity (Wildman–Crippen MR) is 64.7 cm³/mol. The Kier molecular flexibility index (Phi) is 3.84. The van der Waals surface area contributed by atoms with Crippen molar-refractivity contribution in [2.45, 2.75) is 46.1 Å². The average Bonchev–Trinajstić information content (AvgIpc) is 2.13. The van der Waals surface area contributed by atoms with Crippen molar-refractivity contribution in [3.63, 3.8) is 0 Å². The van der Waals surface area contributed by atoms with Crippen molar-refractivity contribution < 1.29 is 9.90 Å². The van der Waals surface area contributed by atoms with Crippen LogP contribution in [0.4, 0.5) is 4.79 Å². The van der Waals surface area contributed by atoms with Gasteiger partial charge in [-0.2, -0.15) is 0 Å². The van der Waals surface area contributed by atoms with E-state index in [0.29, 0.717) is 6.54 Å². The molecule has 2 N–H and O–H groups in total. The van der Waals surface area contributed by atoms with Crippen molar-refractivity contribution in [2.75, 3.05) is 19.6 Å². The molecule has 0 unspecified atom stereocenters. The lowest BCUT2D eigenvalue weighted by Gasteiger charge is -2.42. The van der Waals surface area contributed by atoms with Crippen molar-refractivity contribution in [2.24, 2.45) is 5.41 Å². The SMILES string of the molecule is CC1(CN(C(=O)O)C(C)(C)C)CCNCC1. The third kappa shape index (κ3) is 3.37. The number of piperidine rings is 1. The summed E-state index contributed by atoms with van der Waals surface area (Å²) in [5, 5.41) is 12.6. The number of amides is 1. The molecule has 0 aromatic carbocycles. The van der Waals surface area contributed by atoms with E-state index < -0.39 is 6.09 Å². The van der Waals surface area contributed by atoms with Gasteiger partial charge in [-0.3, -0.25) is 0 Å². The van der Waals surface area contributed by atoms with Crippen LogP contribution in [-0.2, 0) is 0 Å². The van der Waals surface area contributed by atoms with Gasteiger partial charge in [0.25, 0.3) is 0 Å². The molecule has 94 valence electrons. The summed E-state index contributed by atoms with van der Waals surface area (Å²) in [6, 6.07) is 0. The minimum atomic E-state index is -0.813. The lowest BCUT2D eigenvalue weighted by molar-refractivity contribution is 0.0570. The molecule has 1 amide bonds. The summed E-state index contributed by atoms with van der Waals surface area (Å²) in [5.74, 6) is 0. The van der Waals surface area contributed by atoms with Gasteiger partial charge < -0.3 is 15.3 Å². The van der Waals surface area contributed by atoms with E-state index >= 15 is 0 Å². The molecule has 0 atom stereocenters. The highest BCUT2D eigenvalue weighted by molar-refractivity contribution is 5.66. The van der Waals surface area contributed by atoms with Gasteiger partial charge in [-0.05, 0) is 52.1 Å². The maximum Gasteiger partial charge on any atom is 0.407 e. The number of nitrogens with one attached hydrogen (secondary N) is 1. The molecule has 0 saturated carbocycles. The van der Waals surface area contributed by atoms with Crippen molar-refractivity contribution in [3.8, 4) is 0 Å². The third-order valence-electron chi connectivity index (χ3n) is 3.39. The van der Waals surface area contributed by atoms with Gasteiger partial charge in [0.1, 0.15) is 0 Å². The van der Waals surface area contributed by atoms with E-state index in [1.54, 1.807) is 4.90 Å². The van der Waals surface area contributed by atoms with Crippen LogP contribution in [0.15, 0.2) is 0 Å². The first-order chi connectivity index (χ1) is 7.25. The summed E-state index contributed by atoms with van der Waals surface area (Å²) in [5.41, 5.74) is -0.198. The molecule has 0 bridgehead atoms. The Morgan fingerprint density at radius 1 is 1.38 bits per heavy atom. The Labute approximate surface area is 98.0 Å². The molecular weight excluding hydrogens is 204 g/mol. The summed E-state index contributed by atoms with van der Waals surface area (Å²) < 4.78 is 0. The highest BCUT2D eigenvalue weighted by Crippen LogP contribution is 2.31. The van der Waals surface area contributed by atoms with Crippen molar-refractivity contribution >= 4 is 6.09 Å². The average molecular weight is 228 g/mol. The lowest BCUT2D eigenvalue weighted by Crippen LogP contribution is -2.51. The van der Waals surface area contributed by atoms with Gasteiger partial charge in [0.05, 0.1) is 0 Å². The first kappa shape index (κ1) is 13.3. The fourth-order valence-corrected chi connectivity index (χ4v) is 2.16. The van der Waals surface area contributed by atoms with E-state index in [4.69, 9.17) is 0 Å². The van der Waals surface area contributed by atoms with E-state index in [2.05, 4.69) is 12.2 Å². The summed E-state index contributed by atoms with van der Waals surface area (Å²) in [6.07, 6.45) is 1.28. The molecule has 16 heavy (non-hydrogen) atoms. The number of rotatable bonds is 2. The molecule has 1 heterocycles. The molecule has 1 saturated heterocycles. The zero-order valence-electron chi connectivity index (χ0n) is 10.8. The second-order valence-electron chi connectivity index (χ2n) is 6.10. The van der Waals surface area contributed by atoms with Gasteiger partial charge in [0, 0.05) is 12.1 Å². The van der Waals surface area contributed by atoms with E-state index in [1.165, 1.54) is 0 Å². The largest absolute Gasteiger partial charge is 0.465 e. The monoisotopic (exact) mass is 228 g/mol. The zero-order valence-corrected chi connectivity index (χ0v) is 10.8. The van der Waals surface area contributed by atoms with Crippen LogP contribution in [0, 0.1) is 5.41 Å². The topological polar surface area (TPSA) is 52.6 Å². The summed E-state index contributed by atoms with van der Waals surface area (Å²) in [4.78, 5) is 12.8. The van der Waals surface area contributed by atoms with Gasteiger partial charge in [-0.1, -0.05) is 6.92 Å². The summed E-state index contributed by atoms with van der Waals surface area (Å²) in [7, 11) is 0. The fraction of sp³-hybridized carbons (Fsp3) is 0.917. The maximum absolute atomic E-state index is 11.3. The van der Waals surface area contributed by atoms with E-state index in [0.717, 1.165) is 25.9 Å². The molecule has 1 aliphatic rings. The second kappa shape index (κ2) is 4.62. The van der Waals surface area contributed by atoms with Gasteiger partial charge in [-0.15, -0.1) is 0 Å². The quantitative estimate of drug-likeness (QED) is 0.761. The third-order valence-corrected chi connectivity index (χ3v) is 3.39. The smallest absolute Gasteiger partial charge is 0.407 e. The first-order valence-electron chi connectivity index (χ1n) is 5.96. The molecule has 1 aliphatic heterocycles. The molecule has 1 fully saturated rings. The fourth-order valence-electron chi connectivity index (χ4n) is 2.16. The molecule has 1 rings (SSSR count). The molecule has 0 aliphatic carbocycles. The Balaban J connectivity index is 2.71. The predicted octanol–water partition coefficient (Wildman–Crippen LogP) is 2.15. The minimum Gasteiger partial charge on any atom is -0.465 e. The van der Waals surface area contributed by atoms with Gasteiger partial charge in [0.2, 0.25) is 0 Å². The van der Waals surface area contributed by atoms with Gasteiger partial charge in [-0.25, -0.2) is 4.79 Å². The van der Waals surface area contributed by atoms with Gasteiger partial charge >= 0.3 is 6.09 Å².